The molecule has 2 saturated heterocycles. The Bertz CT molecular complexity index is 1270. The number of halogens is 1. The molecule has 2 aliphatic heterocycles. The fourth-order valence-electron chi connectivity index (χ4n) is 4.23. The topological polar surface area (TPSA) is 142 Å². The fraction of sp³-hybridized carbons (Fsp3) is 0.409. The van der Waals surface area contributed by atoms with Crippen molar-refractivity contribution >= 4 is 40.4 Å². The molecule has 0 spiro atoms. The summed E-state index contributed by atoms with van der Waals surface area (Å²) in [6.07, 6.45) is -1.38. The smallest absolute Gasteiger partial charge is 0.269 e. The Morgan fingerprint density at radius 2 is 1.89 bits per heavy atom. The average Bonchev–Trinajstić information content (AvgIpc) is 3.48. The summed E-state index contributed by atoms with van der Waals surface area (Å²) in [6.45, 7) is 5.83. The first-order chi connectivity index (χ1) is 16.8. The van der Waals surface area contributed by atoms with Gasteiger partial charge in [-0.05, 0) is 44.5 Å². The second-order valence-electron chi connectivity index (χ2n) is 8.52. The van der Waals surface area contributed by atoms with Crippen LogP contribution < -0.4 is 16.2 Å². The van der Waals surface area contributed by atoms with E-state index in [4.69, 9.17) is 25.8 Å². The maximum absolute atomic E-state index is 12.7. The fourth-order valence-corrected chi connectivity index (χ4v) is 4.39. The maximum atomic E-state index is 12.7. The van der Waals surface area contributed by atoms with Gasteiger partial charge in [0.05, 0.1) is 6.33 Å². The van der Waals surface area contributed by atoms with Crippen LogP contribution >= 0.6 is 11.6 Å². The summed E-state index contributed by atoms with van der Waals surface area (Å²) in [5, 5.41) is 2.69. The van der Waals surface area contributed by atoms with E-state index in [9.17, 15) is 9.59 Å². The first kappa shape index (κ1) is 23.4. The number of hydrogen-bond acceptors (Lipinski definition) is 9. The van der Waals surface area contributed by atoms with Gasteiger partial charge in [0.15, 0.2) is 35.1 Å². The van der Waals surface area contributed by atoms with Gasteiger partial charge in [-0.15, -0.1) is 0 Å². The summed E-state index contributed by atoms with van der Waals surface area (Å²) in [5.74, 6) is -1.37. The zero-order valence-electron chi connectivity index (χ0n) is 19.2. The highest BCUT2D eigenvalue weighted by atomic mass is 35.5. The van der Waals surface area contributed by atoms with Gasteiger partial charge in [-0.25, -0.2) is 4.98 Å². The minimum atomic E-state index is -0.903. The van der Waals surface area contributed by atoms with E-state index < -0.39 is 30.3 Å². The average molecular weight is 502 g/mol. The first-order valence-corrected chi connectivity index (χ1v) is 11.5. The Hall–Kier alpha value is -3.32. The van der Waals surface area contributed by atoms with Crippen molar-refractivity contribution in [3.63, 3.8) is 0 Å². The number of likely N-dealkylation sites (N-methyl/N-ethyl adjacent to an activating group) is 1. The van der Waals surface area contributed by atoms with Crippen LogP contribution in [0.4, 0.5) is 5.82 Å². The van der Waals surface area contributed by atoms with Crippen molar-refractivity contribution in [3.8, 4) is 0 Å². The number of carbonyl (C=O) groups is 2. The number of ether oxygens (including phenoxy) is 3. The van der Waals surface area contributed by atoms with Crippen molar-refractivity contribution in [2.24, 2.45) is 0 Å². The standard InChI is InChI=1S/C22H24ClN7O5/c1-4-24-19(32)14-13-15(35-22(2,3)34-13)20(33-14)30-10-25-12-16(26-21(23)27-17(12)30)28-29-18(31)11-8-6-5-7-9-11/h5-10,13-15,20H,4H2,1-3H3,(H,24,32)(H,29,31)(H,26,27,28). The van der Waals surface area contributed by atoms with E-state index in [-0.39, 0.29) is 22.9 Å². The third-order valence-electron chi connectivity index (χ3n) is 5.64. The molecule has 12 nitrogen and oxygen atoms in total. The third kappa shape index (κ3) is 4.41. The molecule has 0 bridgehead atoms. The van der Waals surface area contributed by atoms with Crippen LogP contribution in [0.15, 0.2) is 36.7 Å². The van der Waals surface area contributed by atoms with E-state index in [0.717, 1.165) is 0 Å². The summed E-state index contributed by atoms with van der Waals surface area (Å²) < 4.78 is 19.8. The molecular formula is C22H24ClN7O5. The van der Waals surface area contributed by atoms with Crippen molar-refractivity contribution < 1.29 is 23.8 Å². The van der Waals surface area contributed by atoms with Crippen LogP contribution in [-0.4, -0.2) is 62.0 Å². The lowest BCUT2D eigenvalue weighted by Gasteiger charge is -2.24. The maximum Gasteiger partial charge on any atom is 0.269 e. The lowest BCUT2D eigenvalue weighted by atomic mass is 10.1. The molecule has 5 rings (SSSR count). The highest BCUT2D eigenvalue weighted by Gasteiger charge is 2.58. The minimum Gasteiger partial charge on any atom is -0.354 e. The van der Waals surface area contributed by atoms with Crippen LogP contribution in [0.25, 0.3) is 11.2 Å². The van der Waals surface area contributed by atoms with Gasteiger partial charge in [-0.2, -0.15) is 9.97 Å². The second-order valence-corrected chi connectivity index (χ2v) is 8.86. The van der Waals surface area contributed by atoms with Crippen LogP contribution in [-0.2, 0) is 19.0 Å². The van der Waals surface area contributed by atoms with Gasteiger partial charge in [-0.3, -0.25) is 25.0 Å². The number of amides is 2. The molecule has 0 radical (unpaired) electrons. The molecule has 3 aromatic rings. The zero-order valence-corrected chi connectivity index (χ0v) is 19.9. The third-order valence-corrected chi connectivity index (χ3v) is 5.81. The Labute approximate surface area is 205 Å². The van der Waals surface area contributed by atoms with E-state index >= 15 is 0 Å². The SMILES string of the molecule is CCNC(=O)C1OC(n2cnc3c(NNC(=O)c4ccccc4)nc(Cl)nc32)C2OC(C)(C)OC12. The molecule has 2 aromatic heterocycles. The van der Waals surface area contributed by atoms with Crippen molar-refractivity contribution in [3.05, 3.63) is 47.5 Å². The monoisotopic (exact) mass is 501 g/mol. The molecule has 184 valence electrons. The number of hydrogen-bond donors (Lipinski definition) is 3. The molecule has 1 aromatic carbocycles. The van der Waals surface area contributed by atoms with Crippen LogP contribution in [0.1, 0.15) is 37.4 Å². The number of nitrogens with one attached hydrogen (secondary N) is 3. The molecule has 2 amide bonds. The van der Waals surface area contributed by atoms with Crippen molar-refractivity contribution in [1.82, 2.24) is 30.3 Å². The van der Waals surface area contributed by atoms with Gasteiger partial charge in [0.1, 0.15) is 12.2 Å². The Morgan fingerprint density at radius 3 is 2.63 bits per heavy atom. The highest BCUT2D eigenvalue weighted by molar-refractivity contribution is 6.28. The molecule has 3 N–H and O–H groups in total. The molecular weight excluding hydrogens is 478 g/mol. The molecule has 0 saturated carbocycles. The van der Waals surface area contributed by atoms with E-state index in [0.29, 0.717) is 23.3 Å². The van der Waals surface area contributed by atoms with Crippen molar-refractivity contribution in [1.29, 1.82) is 0 Å². The first-order valence-electron chi connectivity index (χ1n) is 11.1. The number of imidazole rings is 1. The normalized spacial score (nSPS) is 24.8. The van der Waals surface area contributed by atoms with Crippen molar-refractivity contribution in [2.45, 2.75) is 51.1 Å². The molecule has 4 heterocycles. The Morgan fingerprint density at radius 1 is 1.14 bits per heavy atom. The van der Waals surface area contributed by atoms with Crippen LogP contribution in [0.3, 0.4) is 0 Å². The summed E-state index contributed by atoms with van der Waals surface area (Å²) in [6, 6.07) is 8.69. The lowest BCUT2D eigenvalue weighted by Crippen LogP contribution is -2.42. The summed E-state index contributed by atoms with van der Waals surface area (Å²) in [4.78, 5) is 38.0. The summed E-state index contributed by atoms with van der Waals surface area (Å²) in [5.41, 5.74) is 6.47. The quantitative estimate of drug-likeness (QED) is 0.340. The van der Waals surface area contributed by atoms with E-state index in [1.807, 2.05) is 13.0 Å². The van der Waals surface area contributed by atoms with E-state index in [1.54, 1.807) is 42.7 Å². The number of hydrazine groups is 1. The Balaban J connectivity index is 1.45. The highest BCUT2D eigenvalue weighted by Crippen LogP contribution is 2.44. The second kappa shape index (κ2) is 9.04. The molecule has 13 heteroatoms. The lowest BCUT2D eigenvalue weighted by molar-refractivity contribution is -0.197. The number of anilines is 1. The van der Waals surface area contributed by atoms with Gasteiger partial charge in [0, 0.05) is 12.1 Å². The number of nitrogens with zero attached hydrogens (tertiary/aromatic N) is 4. The molecule has 4 unspecified atom stereocenters. The molecule has 4 atom stereocenters. The van der Waals surface area contributed by atoms with Crippen LogP contribution in [0.5, 0.6) is 0 Å². The van der Waals surface area contributed by atoms with Crippen LogP contribution in [0.2, 0.25) is 5.28 Å². The molecule has 2 fully saturated rings. The van der Waals surface area contributed by atoms with Gasteiger partial charge in [-0.1, -0.05) is 18.2 Å². The number of carbonyl (C=O) groups excluding carboxylic acids is 2. The van der Waals surface area contributed by atoms with Gasteiger partial charge < -0.3 is 19.5 Å². The molecule has 0 aliphatic carbocycles. The number of benzene rings is 1. The number of aromatic nitrogens is 4. The van der Waals surface area contributed by atoms with Gasteiger partial charge >= 0.3 is 0 Å². The number of fused-ring (bicyclic) bond motifs is 2. The summed E-state index contributed by atoms with van der Waals surface area (Å²) >= 11 is 6.19. The predicted molar refractivity (Wildman–Crippen MR) is 124 cm³/mol. The van der Waals surface area contributed by atoms with Gasteiger partial charge in [0.2, 0.25) is 5.28 Å². The largest absolute Gasteiger partial charge is 0.354 e. The van der Waals surface area contributed by atoms with Crippen LogP contribution in [0, 0.1) is 0 Å². The number of rotatable bonds is 6. The summed E-state index contributed by atoms with van der Waals surface area (Å²) in [7, 11) is 0. The predicted octanol–water partition coefficient (Wildman–Crippen LogP) is 1.79. The van der Waals surface area contributed by atoms with Crippen molar-refractivity contribution in [2.75, 3.05) is 12.0 Å². The van der Waals surface area contributed by atoms with Gasteiger partial charge in [0.25, 0.3) is 11.8 Å². The minimum absolute atomic E-state index is 0.0746. The van der Waals surface area contributed by atoms with E-state index in [2.05, 4.69) is 31.1 Å². The van der Waals surface area contributed by atoms with E-state index in [1.165, 1.54) is 6.33 Å². The molecule has 35 heavy (non-hydrogen) atoms. The zero-order chi connectivity index (χ0) is 24.7. The molecule has 2 aliphatic rings. The Kier molecular flexibility index (Phi) is 6.05.